The van der Waals surface area contributed by atoms with Crippen LogP contribution in [0.25, 0.3) is 0 Å². The molecule has 2 aliphatic rings. The maximum Gasteiger partial charge on any atom is 0.249 e. The summed E-state index contributed by atoms with van der Waals surface area (Å²) in [6.07, 6.45) is 4.70. The van der Waals surface area contributed by atoms with Gasteiger partial charge in [0.05, 0.1) is 45.7 Å². The first-order valence-electron chi connectivity index (χ1n) is 17.7. The van der Waals surface area contributed by atoms with E-state index in [9.17, 15) is 15.0 Å². The largest absolute Gasteiger partial charge is 0.497 e. The lowest BCUT2D eigenvalue weighted by atomic mass is 9.94. The molecule has 0 radical (unpaired) electrons. The van der Waals surface area contributed by atoms with Crippen LogP contribution in [0.4, 0.5) is 11.4 Å². The number of nitrogens with zero attached hydrogens (tertiary/aromatic N) is 1. The Labute approximate surface area is 287 Å². The smallest absolute Gasteiger partial charge is 0.249 e. The molecule has 3 aromatic carbocycles. The Bertz CT molecular complexity index is 1480. The number of nitrogens with one attached hydrogen (secondary N) is 1. The second-order valence-electron chi connectivity index (χ2n) is 13.8. The second-order valence-corrected chi connectivity index (χ2v) is 18.5. The molecule has 5 rings (SSSR count). The normalized spacial score (nSPS) is 22.5. The van der Waals surface area contributed by atoms with Crippen LogP contribution in [-0.2, 0) is 22.4 Å². The van der Waals surface area contributed by atoms with Gasteiger partial charge in [-0.05, 0) is 117 Å². The minimum Gasteiger partial charge on any atom is -0.497 e. The monoisotopic (exact) mass is 674 g/mol. The van der Waals surface area contributed by atoms with Gasteiger partial charge in [0.2, 0.25) is 5.91 Å². The zero-order valence-corrected chi connectivity index (χ0v) is 30.3. The van der Waals surface area contributed by atoms with Gasteiger partial charge in [0.25, 0.3) is 0 Å². The number of amides is 1. The van der Waals surface area contributed by atoms with Gasteiger partial charge in [-0.15, -0.1) is 0 Å². The van der Waals surface area contributed by atoms with E-state index >= 15 is 0 Å². The molecule has 48 heavy (non-hydrogen) atoms. The molecule has 0 spiro atoms. The minimum absolute atomic E-state index is 0.0289. The number of anilines is 2. The summed E-state index contributed by atoms with van der Waals surface area (Å²) >= 11 is 0. The highest BCUT2D eigenvalue weighted by Gasteiger charge is 2.50. The Morgan fingerprint density at radius 1 is 0.938 bits per heavy atom. The zero-order chi connectivity index (χ0) is 34.3. The quantitative estimate of drug-likeness (QED) is 0.132. The first-order chi connectivity index (χ1) is 23.2. The van der Waals surface area contributed by atoms with E-state index in [2.05, 4.69) is 73.9 Å². The fourth-order valence-corrected chi connectivity index (χ4v) is 12.0. The van der Waals surface area contributed by atoms with Gasteiger partial charge in [0.1, 0.15) is 11.5 Å². The van der Waals surface area contributed by atoms with Crippen molar-refractivity contribution in [3.63, 3.8) is 0 Å². The fraction of sp³-hybridized carbons (Fsp3) is 0.513. The first-order valence-corrected chi connectivity index (χ1v) is 20.7. The third-order valence-corrected chi connectivity index (χ3v) is 14.8. The molecular weight excluding hydrogens is 621 g/mol. The lowest BCUT2D eigenvalue weighted by Gasteiger charge is -2.36. The summed E-state index contributed by atoms with van der Waals surface area (Å²) in [5.74, 6) is 2.07. The molecule has 2 heterocycles. The lowest BCUT2D eigenvalue weighted by molar-refractivity contribution is -0.120. The summed E-state index contributed by atoms with van der Waals surface area (Å²) in [6.45, 7) is 10.7. The summed E-state index contributed by atoms with van der Waals surface area (Å²) in [5.41, 5.74) is 4.41. The molecule has 5 atom stereocenters. The molecule has 260 valence electrons. The van der Waals surface area contributed by atoms with Gasteiger partial charge in [-0.3, -0.25) is 9.69 Å². The lowest BCUT2D eigenvalue weighted by Crippen LogP contribution is -2.50. The Morgan fingerprint density at radius 3 is 2.33 bits per heavy atom. The Balaban J connectivity index is 1.30. The molecule has 1 saturated heterocycles. The summed E-state index contributed by atoms with van der Waals surface area (Å²) in [4.78, 5) is 15.7. The van der Waals surface area contributed by atoms with Crippen molar-refractivity contribution in [1.29, 1.82) is 0 Å². The van der Waals surface area contributed by atoms with Crippen LogP contribution in [0, 0.1) is 5.92 Å². The first kappa shape index (κ1) is 36.1. The van der Waals surface area contributed by atoms with Crippen LogP contribution in [0.1, 0.15) is 50.7 Å². The minimum atomic E-state index is -1.94. The topological polar surface area (TPSA) is 100 Å². The van der Waals surface area contributed by atoms with E-state index in [-0.39, 0.29) is 37.4 Å². The molecule has 0 saturated carbocycles. The van der Waals surface area contributed by atoms with Gasteiger partial charge < -0.3 is 29.7 Å². The van der Waals surface area contributed by atoms with E-state index in [0.717, 1.165) is 47.7 Å². The van der Waals surface area contributed by atoms with Gasteiger partial charge in [-0.25, -0.2) is 0 Å². The molecule has 1 fully saturated rings. The molecule has 0 bridgehead atoms. The molecule has 0 aromatic heterocycles. The predicted octanol–water partition coefficient (Wildman–Crippen LogP) is 5.75. The molecule has 9 heteroatoms. The van der Waals surface area contributed by atoms with Gasteiger partial charge >= 0.3 is 0 Å². The van der Waals surface area contributed by atoms with E-state index in [0.29, 0.717) is 43.9 Å². The molecule has 1 unspecified atom stereocenters. The number of methoxy groups -OCH3 is 1. The Kier molecular flexibility index (Phi) is 12.4. The van der Waals surface area contributed by atoms with E-state index < -0.39 is 8.07 Å². The molecule has 1 amide bonds. The molecule has 0 aliphatic carbocycles. The number of hydrogen-bond acceptors (Lipinski definition) is 7. The van der Waals surface area contributed by atoms with Crippen molar-refractivity contribution in [2.45, 2.75) is 89.3 Å². The van der Waals surface area contributed by atoms with Gasteiger partial charge in [-0.2, -0.15) is 0 Å². The van der Waals surface area contributed by atoms with Crippen molar-refractivity contribution in [1.82, 2.24) is 5.32 Å². The van der Waals surface area contributed by atoms with Crippen molar-refractivity contribution < 1.29 is 29.2 Å². The molecule has 2 aliphatic heterocycles. The standard InChI is InChI=1S/C39H54N2O6Si/c1-6-46-32-16-19-35-29(25-32)26-34(40-22-7-8-23-42)39(44)41(35)30-12-9-28(10-13-30)11-20-36-27(2)38(37(47-36)21-24-43)48(4,5)33-17-14-31(45-3)15-18-33/h9-10,12-19,25,27,34,36-38,40,42-43H,6-8,11,20-24,26H2,1-5H3/t27-,34?,36+,37-,38+/m0/s1. The summed E-state index contributed by atoms with van der Waals surface area (Å²) < 4.78 is 17.9. The van der Waals surface area contributed by atoms with Crippen molar-refractivity contribution in [3.05, 3.63) is 77.9 Å². The van der Waals surface area contributed by atoms with Crippen molar-refractivity contribution in [2.24, 2.45) is 5.92 Å². The molecule has 3 aromatic rings. The average Bonchev–Trinajstić information content (AvgIpc) is 3.41. The number of carbonyl (C=O) groups excluding carboxylic acids is 1. The Hall–Kier alpha value is -3.21. The second kappa shape index (κ2) is 16.5. The van der Waals surface area contributed by atoms with E-state index in [1.165, 1.54) is 10.8 Å². The van der Waals surface area contributed by atoms with Crippen LogP contribution in [0.15, 0.2) is 66.7 Å². The van der Waals surface area contributed by atoms with Crippen molar-refractivity contribution in [2.75, 3.05) is 38.4 Å². The third-order valence-electron chi connectivity index (χ3n) is 10.4. The van der Waals surface area contributed by atoms with Crippen LogP contribution in [0.5, 0.6) is 11.5 Å². The Morgan fingerprint density at radius 2 is 1.67 bits per heavy atom. The number of aliphatic hydroxyl groups excluding tert-OH is 2. The van der Waals surface area contributed by atoms with Crippen molar-refractivity contribution in [3.8, 4) is 11.5 Å². The third kappa shape index (κ3) is 7.98. The van der Waals surface area contributed by atoms with Crippen LogP contribution in [0.2, 0.25) is 18.6 Å². The highest BCUT2D eigenvalue weighted by atomic mass is 28.3. The summed E-state index contributed by atoms with van der Waals surface area (Å²) in [6, 6.07) is 22.5. The number of aryl methyl sites for hydroxylation is 1. The molecule has 8 nitrogen and oxygen atoms in total. The number of fused-ring (bicyclic) bond motifs is 1. The molecular formula is C39H54N2O6Si. The van der Waals surface area contributed by atoms with E-state index in [1.807, 2.05) is 30.0 Å². The van der Waals surface area contributed by atoms with E-state index in [4.69, 9.17) is 14.2 Å². The molecule has 3 N–H and O–H groups in total. The number of aliphatic hydroxyl groups is 2. The number of hydrogen-bond donors (Lipinski definition) is 3. The van der Waals surface area contributed by atoms with Crippen molar-refractivity contribution >= 4 is 30.5 Å². The summed E-state index contributed by atoms with van der Waals surface area (Å²) in [5, 5.41) is 23.9. The SMILES string of the molecule is CCOc1ccc2c(c1)CC(NCCCCO)C(=O)N2c1ccc(CC[C@H]2O[C@@H](CCO)[C@H]([Si](C)(C)c3ccc(OC)cc3)[C@H]2C)cc1. The van der Waals surface area contributed by atoms with Crippen LogP contribution >= 0.6 is 0 Å². The predicted molar refractivity (Wildman–Crippen MR) is 195 cm³/mol. The van der Waals surface area contributed by atoms with Gasteiger partial charge in [-0.1, -0.05) is 49.5 Å². The van der Waals surface area contributed by atoms with E-state index in [1.54, 1.807) is 7.11 Å². The van der Waals surface area contributed by atoms with Crippen LogP contribution in [-0.4, -0.2) is 75.9 Å². The average molecular weight is 675 g/mol. The number of rotatable bonds is 16. The maximum atomic E-state index is 13.9. The maximum absolute atomic E-state index is 13.9. The number of unbranched alkanes of at least 4 members (excludes halogenated alkanes) is 1. The fourth-order valence-electron chi connectivity index (χ4n) is 7.88. The number of ether oxygens (including phenoxy) is 3. The highest BCUT2D eigenvalue weighted by molar-refractivity contribution is 6.91. The number of benzene rings is 3. The summed E-state index contributed by atoms with van der Waals surface area (Å²) in [7, 11) is -0.242. The van der Waals surface area contributed by atoms with Crippen LogP contribution < -0.4 is 24.9 Å². The zero-order valence-electron chi connectivity index (χ0n) is 29.3. The van der Waals surface area contributed by atoms with Gasteiger partial charge in [0.15, 0.2) is 0 Å². The highest BCUT2D eigenvalue weighted by Crippen LogP contribution is 2.46. The number of carbonyl (C=O) groups is 1. The van der Waals surface area contributed by atoms with Gasteiger partial charge in [0, 0.05) is 18.9 Å². The van der Waals surface area contributed by atoms with Crippen LogP contribution in [0.3, 0.4) is 0 Å².